The summed E-state index contributed by atoms with van der Waals surface area (Å²) in [5.41, 5.74) is 3.49. The van der Waals surface area contributed by atoms with Crippen LogP contribution in [0, 0.1) is 34.8 Å². The zero-order valence-corrected chi connectivity index (χ0v) is 27.3. The van der Waals surface area contributed by atoms with Crippen LogP contribution in [0.1, 0.15) is 93.9 Å². The van der Waals surface area contributed by atoms with Gasteiger partial charge in [-0.05, 0) is 0 Å². The van der Waals surface area contributed by atoms with Crippen LogP contribution in [0.15, 0.2) is 33.7 Å². The zero-order chi connectivity index (χ0) is 22.0. The molecule has 0 aromatic heterocycles. The predicted molar refractivity (Wildman–Crippen MR) is 132 cm³/mol. The van der Waals surface area contributed by atoms with E-state index in [4.69, 9.17) is 0 Å². The van der Waals surface area contributed by atoms with Crippen LogP contribution in [-0.2, 0) is 26.2 Å². The summed E-state index contributed by atoms with van der Waals surface area (Å²) in [5.74, 6) is 1.01. The van der Waals surface area contributed by atoms with Crippen LogP contribution in [0.4, 0.5) is 0 Å². The molecule has 0 spiro atoms. The maximum atomic E-state index is 4.03. The molecule has 0 N–H and O–H groups in total. The van der Waals surface area contributed by atoms with Crippen molar-refractivity contribution in [2.75, 3.05) is 0 Å². The average molecular weight is 573 g/mol. The van der Waals surface area contributed by atoms with Crippen molar-refractivity contribution in [1.29, 1.82) is 0 Å². The number of hydrogen-bond donors (Lipinski definition) is 0. The molecule has 0 nitrogen and oxygen atoms in total. The first-order valence-corrected chi connectivity index (χ1v) is 15.1. The molecule has 0 aromatic rings. The van der Waals surface area contributed by atoms with Crippen LogP contribution in [0.3, 0.4) is 0 Å². The van der Waals surface area contributed by atoms with Gasteiger partial charge in [-0.15, -0.1) is 0 Å². The van der Waals surface area contributed by atoms with Gasteiger partial charge in [0.25, 0.3) is 0 Å². The fourth-order valence-corrected chi connectivity index (χ4v) is 8.35. The quantitative estimate of drug-likeness (QED) is 0.310. The summed E-state index contributed by atoms with van der Waals surface area (Å²) in [7, 11) is -1.87. The standard InChI is InChI=1S/C28H46Si.2ClH.Zr/c1-11-13-15-21-17-23(27(3,4)5)25(19-21)29(9,10)26-20-22(16-14-12-2)18-24(26)28(6,7)8;;;/h17-18,21-22H,11-16H2,1-10H3;2*1H;/q-2;;;+4/p-2. The third-order valence-corrected chi connectivity index (χ3v) is 9.86. The van der Waals surface area contributed by atoms with Crippen molar-refractivity contribution in [3.05, 3.63) is 45.8 Å². The molecule has 0 heterocycles. The molecule has 4 heteroatoms. The molecule has 0 bridgehead atoms. The fraction of sp³-hybridized carbons (Fsp3) is 0.714. The van der Waals surface area contributed by atoms with Crippen LogP contribution < -0.4 is 24.8 Å². The van der Waals surface area contributed by atoms with Crippen molar-refractivity contribution >= 4 is 8.07 Å². The number of allylic oxidation sites excluding steroid dienone is 8. The van der Waals surface area contributed by atoms with Crippen molar-refractivity contribution in [2.45, 2.75) is 107 Å². The summed E-state index contributed by atoms with van der Waals surface area (Å²) in [6.45, 7) is 24.0. The summed E-state index contributed by atoms with van der Waals surface area (Å²) >= 11 is 0. The first-order valence-electron chi connectivity index (χ1n) is 12.1. The van der Waals surface area contributed by atoms with Crippen molar-refractivity contribution in [1.82, 2.24) is 0 Å². The van der Waals surface area contributed by atoms with Gasteiger partial charge in [-0.1, -0.05) is 130 Å². The van der Waals surface area contributed by atoms with E-state index in [1.807, 2.05) is 0 Å². The summed E-state index contributed by atoms with van der Waals surface area (Å²) in [6, 6.07) is 0. The molecule has 0 fully saturated rings. The van der Waals surface area contributed by atoms with Gasteiger partial charge in [-0.25, -0.2) is 10.4 Å². The molecule has 0 aromatic carbocycles. The summed E-state index contributed by atoms with van der Waals surface area (Å²) in [5, 5.41) is 3.14. The molecule has 0 aliphatic heterocycles. The van der Waals surface area contributed by atoms with E-state index in [-0.39, 0.29) is 61.8 Å². The molecular weight excluding hydrogens is 527 g/mol. The normalized spacial score (nSPS) is 20.9. The molecule has 0 saturated heterocycles. The van der Waals surface area contributed by atoms with Gasteiger partial charge in [0, 0.05) is 8.07 Å². The Kier molecular flexibility index (Phi) is 14.9. The Labute approximate surface area is 233 Å². The van der Waals surface area contributed by atoms with Crippen molar-refractivity contribution in [3.63, 3.8) is 0 Å². The molecule has 2 atom stereocenters. The van der Waals surface area contributed by atoms with Crippen molar-refractivity contribution in [2.24, 2.45) is 22.7 Å². The fourth-order valence-electron chi connectivity index (χ4n) is 4.75. The van der Waals surface area contributed by atoms with Gasteiger partial charge in [0.15, 0.2) is 0 Å². The van der Waals surface area contributed by atoms with Gasteiger partial charge in [0.2, 0.25) is 0 Å². The van der Waals surface area contributed by atoms with E-state index in [9.17, 15) is 0 Å². The second kappa shape index (κ2) is 13.7. The van der Waals surface area contributed by atoms with Crippen LogP contribution in [0.5, 0.6) is 0 Å². The number of rotatable bonds is 8. The minimum atomic E-state index is -1.87. The number of unbranched alkanes of at least 4 members (excludes halogenated alkanes) is 2. The average Bonchev–Trinajstić information content (AvgIpc) is 3.22. The van der Waals surface area contributed by atoms with Gasteiger partial charge in [-0.3, -0.25) is 12.2 Å². The smallest absolute Gasteiger partial charge is 1.00 e. The predicted octanol–water partition coefficient (Wildman–Crippen LogP) is 2.82. The minimum Gasteiger partial charge on any atom is -1.00 e. The van der Waals surface area contributed by atoms with E-state index in [0.29, 0.717) is 11.8 Å². The van der Waals surface area contributed by atoms with Crippen LogP contribution in [0.25, 0.3) is 0 Å². The first kappa shape index (κ1) is 34.8. The summed E-state index contributed by atoms with van der Waals surface area (Å²) in [6.07, 6.45) is 20.8. The van der Waals surface area contributed by atoms with Gasteiger partial charge in [0.1, 0.15) is 0 Å². The van der Waals surface area contributed by atoms with Gasteiger partial charge >= 0.3 is 26.2 Å². The van der Waals surface area contributed by atoms with E-state index in [0.717, 1.165) is 0 Å². The van der Waals surface area contributed by atoms with Gasteiger partial charge in [0.05, 0.1) is 0 Å². The summed E-state index contributed by atoms with van der Waals surface area (Å²) < 4.78 is 0. The molecule has 180 valence electrons. The molecule has 0 radical (unpaired) electrons. The molecule has 2 aliphatic carbocycles. The second-order valence-electron chi connectivity index (χ2n) is 11.8. The van der Waals surface area contributed by atoms with Crippen LogP contribution in [-0.4, -0.2) is 8.07 Å². The number of hydrogen-bond acceptors (Lipinski definition) is 0. The van der Waals surface area contributed by atoms with E-state index in [1.165, 1.54) is 38.5 Å². The Bertz CT molecular complexity index is 655. The van der Waals surface area contributed by atoms with Crippen molar-refractivity contribution in [3.8, 4) is 0 Å². The molecule has 32 heavy (non-hydrogen) atoms. The van der Waals surface area contributed by atoms with Gasteiger partial charge in [-0.2, -0.15) is 23.3 Å². The Morgan fingerprint density at radius 1 is 0.719 bits per heavy atom. The largest absolute Gasteiger partial charge is 4.00 e. The Balaban J connectivity index is 0. The Morgan fingerprint density at radius 2 is 1.03 bits per heavy atom. The molecule has 0 amide bonds. The van der Waals surface area contributed by atoms with E-state index >= 15 is 0 Å². The second-order valence-corrected chi connectivity index (χ2v) is 16.1. The van der Waals surface area contributed by atoms with E-state index < -0.39 is 8.07 Å². The molecule has 2 aliphatic rings. The van der Waals surface area contributed by atoms with Gasteiger partial charge < -0.3 is 24.8 Å². The Hall–Kier alpha value is 0.640. The zero-order valence-electron chi connectivity index (χ0n) is 22.3. The minimum absolute atomic E-state index is 0. The van der Waals surface area contributed by atoms with E-state index in [2.05, 4.69) is 92.8 Å². The monoisotopic (exact) mass is 570 g/mol. The number of halogens is 2. The Morgan fingerprint density at radius 3 is 1.28 bits per heavy atom. The third kappa shape index (κ3) is 8.39. The SMILES string of the molecule is CCCCC1[C-]=C([Si](C)(C)C2=[C-]C(CCCC)C=C2C(C)(C)C)C(C(C)(C)C)=C1.[Cl-].[Cl-].[Zr+4]. The van der Waals surface area contributed by atoms with Crippen LogP contribution in [0.2, 0.25) is 13.1 Å². The maximum Gasteiger partial charge on any atom is 4.00 e. The van der Waals surface area contributed by atoms with Crippen molar-refractivity contribution < 1.29 is 51.0 Å². The van der Waals surface area contributed by atoms with Crippen LogP contribution >= 0.6 is 0 Å². The summed E-state index contributed by atoms with van der Waals surface area (Å²) in [4.78, 5) is 0. The topological polar surface area (TPSA) is 0 Å². The molecule has 2 rings (SSSR count). The molecule has 0 saturated carbocycles. The first-order chi connectivity index (χ1) is 13.3. The van der Waals surface area contributed by atoms with E-state index in [1.54, 1.807) is 21.5 Å². The third-order valence-electron chi connectivity index (χ3n) is 6.54. The maximum absolute atomic E-state index is 4.03. The molecule has 2 unspecified atom stereocenters. The molecular formula is C28H46Cl2SiZr.